The molecule has 0 bridgehead atoms. The maximum Gasteiger partial charge on any atom is 0.191 e. The SMILES string of the molecule is CN=C(NCCc1ccccc1OC)NCc1csc(N(C)C)n1.I. The van der Waals surface area contributed by atoms with Crippen LogP contribution in [0.1, 0.15) is 11.3 Å². The van der Waals surface area contributed by atoms with Crippen molar-refractivity contribution in [3.8, 4) is 5.75 Å². The van der Waals surface area contributed by atoms with Crippen molar-refractivity contribution in [1.82, 2.24) is 15.6 Å². The van der Waals surface area contributed by atoms with Gasteiger partial charge in [0.1, 0.15) is 5.75 Å². The van der Waals surface area contributed by atoms with Gasteiger partial charge in [0.25, 0.3) is 0 Å². The molecule has 6 nitrogen and oxygen atoms in total. The first-order valence-corrected chi connectivity index (χ1v) is 8.70. The number of para-hydroxylation sites is 1. The highest BCUT2D eigenvalue weighted by molar-refractivity contribution is 14.0. The lowest BCUT2D eigenvalue weighted by Gasteiger charge is -2.12. The average molecular weight is 475 g/mol. The van der Waals surface area contributed by atoms with Crippen LogP contribution in [0.4, 0.5) is 5.13 Å². The lowest BCUT2D eigenvalue weighted by atomic mass is 10.1. The number of methoxy groups -OCH3 is 1. The van der Waals surface area contributed by atoms with Crippen molar-refractivity contribution in [1.29, 1.82) is 0 Å². The fourth-order valence-electron chi connectivity index (χ4n) is 2.20. The minimum Gasteiger partial charge on any atom is -0.496 e. The predicted molar refractivity (Wildman–Crippen MR) is 117 cm³/mol. The maximum atomic E-state index is 5.37. The molecule has 0 unspecified atom stereocenters. The second-order valence-electron chi connectivity index (χ2n) is 5.43. The van der Waals surface area contributed by atoms with Crippen molar-refractivity contribution in [3.63, 3.8) is 0 Å². The highest BCUT2D eigenvalue weighted by Crippen LogP contribution is 2.18. The number of aliphatic imine (C=N–C) groups is 1. The number of aromatic nitrogens is 1. The first kappa shape index (κ1) is 21.5. The summed E-state index contributed by atoms with van der Waals surface area (Å²) in [5, 5.41) is 9.67. The highest BCUT2D eigenvalue weighted by Gasteiger charge is 2.05. The molecule has 1 aromatic carbocycles. The summed E-state index contributed by atoms with van der Waals surface area (Å²) in [4.78, 5) is 10.8. The zero-order valence-corrected chi connectivity index (χ0v) is 18.2. The molecule has 25 heavy (non-hydrogen) atoms. The normalized spacial score (nSPS) is 10.8. The van der Waals surface area contributed by atoms with Gasteiger partial charge in [-0.2, -0.15) is 0 Å². The van der Waals surface area contributed by atoms with E-state index < -0.39 is 0 Å². The molecule has 138 valence electrons. The van der Waals surface area contributed by atoms with Gasteiger partial charge in [0.2, 0.25) is 0 Å². The standard InChI is InChI=1S/C17H25N5OS.HI/c1-18-16(20-11-14-12-24-17(21-14)22(2)3)19-10-9-13-7-5-6-8-15(13)23-4;/h5-8,12H,9-11H2,1-4H3,(H2,18,19,20);1H. The lowest BCUT2D eigenvalue weighted by molar-refractivity contribution is 0.409. The third-order valence-electron chi connectivity index (χ3n) is 3.46. The lowest BCUT2D eigenvalue weighted by Crippen LogP contribution is -2.38. The van der Waals surface area contributed by atoms with Crippen LogP contribution in [-0.4, -0.2) is 45.7 Å². The Hall–Kier alpha value is -1.55. The van der Waals surface area contributed by atoms with Gasteiger partial charge < -0.3 is 20.3 Å². The Labute approximate surface area is 170 Å². The largest absolute Gasteiger partial charge is 0.496 e. The number of nitrogens with zero attached hydrogens (tertiary/aromatic N) is 3. The van der Waals surface area contributed by atoms with E-state index in [-0.39, 0.29) is 24.0 Å². The van der Waals surface area contributed by atoms with Crippen LogP contribution < -0.4 is 20.3 Å². The molecule has 2 rings (SSSR count). The molecule has 0 spiro atoms. The van der Waals surface area contributed by atoms with Gasteiger partial charge >= 0.3 is 0 Å². The Kier molecular flexibility index (Phi) is 9.58. The monoisotopic (exact) mass is 475 g/mol. The van der Waals surface area contributed by atoms with E-state index in [1.54, 1.807) is 25.5 Å². The zero-order valence-electron chi connectivity index (χ0n) is 15.1. The van der Waals surface area contributed by atoms with Crippen LogP contribution in [0.2, 0.25) is 0 Å². The molecule has 0 saturated carbocycles. The first-order valence-electron chi connectivity index (χ1n) is 7.82. The van der Waals surface area contributed by atoms with Crippen molar-refractivity contribution < 1.29 is 4.74 Å². The molecule has 0 amide bonds. The zero-order chi connectivity index (χ0) is 17.4. The van der Waals surface area contributed by atoms with E-state index >= 15 is 0 Å². The Morgan fingerprint density at radius 1 is 1.28 bits per heavy atom. The van der Waals surface area contributed by atoms with E-state index in [2.05, 4.69) is 32.1 Å². The van der Waals surface area contributed by atoms with E-state index in [4.69, 9.17) is 4.74 Å². The van der Waals surface area contributed by atoms with Crippen LogP contribution in [0.25, 0.3) is 0 Å². The topological polar surface area (TPSA) is 61.8 Å². The van der Waals surface area contributed by atoms with Crippen LogP contribution in [-0.2, 0) is 13.0 Å². The fourth-order valence-corrected chi connectivity index (χ4v) is 2.96. The predicted octanol–water partition coefficient (Wildman–Crippen LogP) is 2.74. The van der Waals surface area contributed by atoms with Gasteiger partial charge in [-0.1, -0.05) is 18.2 Å². The van der Waals surface area contributed by atoms with Gasteiger partial charge in [-0.25, -0.2) is 4.98 Å². The van der Waals surface area contributed by atoms with E-state index in [0.717, 1.165) is 35.5 Å². The van der Waals surface area contributed by atoms with Crippen molar-refractivity contribution in [2.45, 2.75) is 13.0 Å². The number of rotatable bonds is 7. The van der Waals surface area contributed by atoms with E-state index in [1.807, 2.05) is 37.2 Å². The number of guanidine groups is 1. The summed E-state index contributed by atoms with van der Waals surface area (Å²) in [6, 6.07) is 8.06. The van der Waals surface area contributed by atoms with Crippen molar-refractivity contribution >= 4 is 46.4 Å². The van der Waals surface area contributed by atoms with Gasteiger partial charge in [-0.05, 0) is 18.1 Å². The highest BCUT2D eigenvalue weighted by atomic mass is 127. The molecular weight excluding hydrogens is 449 g/mol. The molecule has 1 aromatic heterocycles. The molecule has 8 heteroatoms. The number of nitrogens with one attached hydrogen (secondary N) is 2. The van der Waals surface area contributed by atoms with Crippen LogP contribution in [0.3, 0.4) is 0 Å². The average Bonchev–Trinajstić information content (AvgIpc) is 3.07. The number of thiazole rings is 1. The second kappa shape index (κ2) is 11.1. The van der Waals surface area contributed by atoms with E-state index in [0.29, 0.717) is 6.54 Å². The van der Waals surface area contributed by atoms with Crippen LogP contribution in [0.15, 0.2) is 34.6 Å². The van der Waals surface area contributed by atoms with E-state index in [9.17, 15) is 0 Å². The first-order chi connectivity index (χ1) is 11.6. The number of hydrogen-bond acceptors (Lipinski definition) is 5. The third kappa shape index (κ3) is 6.69. The Bertz CT molecular complexity index is 675. The molecule has 0 atom stereocenters. The summed E-state index contributed by atoms with van der Waals surface area (Å²) in [5.74, 6) is 1.69. The van der Waals surface area contributed by atoms with Crippen LogP contribution in [0.5, 0.6) is 5.75 Å². The molecule has 0 saturated heterocycles. The van der Waals surface area contributed by atoms with Crippen molar-refractivity contribution in [3.05, 3.63) is 40.9 Å². The molecule has 2 aromatic rings. The summed E-state index contributed by atoms with van der Waals surface area (Å²) < 4.78 is 5.37. The molecule has 0 radical (unpaired) electrons. The third-order valence-corrected chi connectivity index (χ3v) is 4.52. The number of halogens is 1. The molecule has 0 aliphatic rings. The number of benzene rings is 1. The molecule has 0 aliphatic heterocycles. The summed E-state index contributed by atoms with van der Waals surface area (Å²) in [6.07, 6.45) is 0.867. The maximum absolute atomic E-state index is 5.37. The molecular formula is C17H26IN5OS. The summed E-state index contributed by atoms with van der Waals surface area (Å²) in [7, 11) is 7.45. The van der Waals surface area contributed by atoms with Gasteiger partial charge in [0.05, 0.1) is 19.3 Å². The molecule has 0 fully saturated rings. The van der Waals surface area contributed by atoms with Crippen LogP contribution >= 0.6 is 35.3 Å². The summed E-state index contributed by atoms with van der Waals surface area (Å²) in [6.45, 7) is 1.43. The number of ether oxygens (including phenoxy) is 1. The van der Waals surface area contributed by atoms with Crippen molar-refractivity contribution in [2.24, 2.45) is 4.99 Å². The smallest absolute Gasteiger partial charge is 0.191 e. The second-order valence-corrected chi connectivity index (χ2v) is 6.27. The van der Waals surface area contributed by atoms with Gasteiger partial charge in [-0.3, -0.25) is 4.99 Å². The summed E-state index contributed by atoms with van der Waals surface area (Å²) >= 11 is 1.64. The fraction of sp³-hybridized carbons (Fsp3) is 0.412. The minimum atomic E-state index is 0. The summed E-state index contributed by atoms with van der Waals surface area (Å²) in [5.41, 5.74) is 2.19. The Morgan fingerprint density at radius 3 is 2.68 bits per heavy atom. The Balaban J connectivity index is 0.00000312. The van der Waals surface area contributed by atoms with Crippen molar-refractivity contribution in [2.75, 3.05) is 39.7 Å². The molecule has 1 heterocycles. The van der Waals surface area contributed by atoms with Gasteiger partial charge in [0, 0.05) is 33.1 Å². The number of anilines is 1. The molecule has 2 N–H and O–H groups in total. The Morgan fingerprint density at radius 2 is 2.04 bits per heavy atom. The molecule has 0 aliphatic carbocycles. The van der Waals surface area contributed by atoms with E-state index in [1.165, 1.54) is 5.56 Å². The van der Waals surface area contributed by atoms with Gasteiger partial charge in [0.15, 0.2) is 11.1 Å². The van der Waals surface area contributed by atoms with Gasteiger partial charge in [-0.15, -0.1) is 35.3 Å². The minimum absolute atomic E-state index is 0. The van der Waals surface area contributed by atoms with Crippen LogP contribution in [0, 0.1) is 0 Å². The quantitative estimate of drug-likeness (QED) is 0.367. The number of hydrogen-bond donors (Lipinski definition) is 2.